The average molecular weight is 282 g/mol. The molecule has 20 heavy (non-hydrogen) atoms. The van der Waals surface area contributed by atoms with Gasteiger partial charge in [-0.05, 0) is 43.4 Å². The van der Waals surface area contributed by atoms with Crippen molar-refractivity contribution >= 4 is 5.91 Å². The van der Waals surface area contributed by atoms with E-state index in [1.54, 1.807) is 0 Å². The smallest absolute Gasteiger partial charge is 0.237 e. The van der Waals surface area contributed by atoms with Crippen LogP contribution in [0.15, 0.2) is 0 Å². The van der Waals surface area contributed by atoms with E-state index >= 15 is 0 Å². The van der Waals surface area contributed by atoms with Gasteiger partial charge in [0.2, 0.25) is 5.91 Å². The molecule has 1 fully saturated rings. The maximum absolute atomic E-state index is 12.0. The minimum absolute atomic E-state index is 0.0525. The molecule has 0 aromatic rings. The molecule has 118 valence electrons. The lowest BCUT2D eigenvalue weighted by Crippen LogP contribution is -2.47. The molecule has 0 saturated heterocycles. The van der Waals surface area contributed by atoms with E-state index in [-0.39, 0.29) is 11.9 Å². The SMILES string of the molecule is CCCCC(N)C(=O)NC1CCC(C(C)(C)CC)CC1. The Kier molecular flexibility index (Phi) is 7.01. The highest BCUT2D eigenvalue weighted by atomic mass is 16.2. The Morgan fingerprint density at radius 1 is 1.25 bits per heavy atom. The van der Waals surface area contributed by atoms with Crippen LogP contribution in [0.3, 0.4) is 0 Å². The molecule has 0 bridgehead atoms. The van der Waals surface area contributed by atoms with Crippen LogP contribution in [-0.2, 0) is 4.79 Å². The minimum Gasteiger partial charge on any atom is -0.352 e. The zero-order valence-corrected chi connectivity index (χ0v) is 13.9. The molecule has 3 N–H and O–H groups in total. The second-order valence-electron chi connectivity index (χ2n) is 7.15. The van der Waals surface area contributed by atoms with Crippen LogP contribution in [0.4, 0.5) is 0 Å². The Hall–Kier alpha value is -0.570. The van der Waals surface area contributed by atoms with Gasteiger partial charge in [-0.1, -0.05) is 47.0 Å². The third-order valence-electron chi connectivity index (χ3n) is 5.30. The number of nitrogens with one attached hydrogen (secondary N) is 1. The van der Waals surface area contributed by atoms with Crippen LogP contribution in [0.5, 0.6) is 0 Å². The molecule has 1 unspecified atom stereocenters. The Labute approximate surface area is 125 Å². The second-order valence-corrected chi connectivity index (χ2v) is 7.15. The number of rotatable bonds is 7. The van der Waals surface area contributed by atoms with E-state index in [0.717, 1.165) is 38.0 Å². The first-order valence-corrected chi connectivity index (χ1v) is 8.46. The predicted molar refractivity (Wildman–Crippen MR) is 85.5 cm³/mol. The van der Waals surface area contributed by atoms with Crippen molar-refractivity contribution in [1.29, 1.82) is 0 Å². The molecule has 3 heteroatoms. The van der Waals surface area contributed by atoms with E-state index in [9.17, 15) is 4.79 Å². The maximum Gasteiger partial charge on any atom is 0.237 e. The van der Waals surface area contributed by atoms with E-state index in [4.69, 9.17) is 5.73 Å². The van der Waals surface area contributed by atoms with Gasteiger partial charge in [-0.25, -0.2) is 0 Å². The summed E-state index contributed by atoms with van der Waals surface area (Å²) >= 11 is 0. The topological polar surface area (TPSA) is 55.1 Å². The highest BCUT2D eigenvalue weighted by Crippen LogP contribution is 2.40. The van der Waals surface area contributed by atoms with Crippen molar-refractivity contribution in [2.45, 2.75) is 91.1 Å². The Bertz CT molecular complexity index is 293. The summed E-state index contributed by atoms with van der Waals surface area (Å²) in [6, 6.07) is 0.0267. The van der Waals surface area contributed by atoms with Crippen LogP contribution in [0, 0.1) is 11.3 Å². The second kappa shape index (κ2) is 8.02. The number of hydrogen-bond acceptors (Lipinski definition) is 2. The summed E-state index contributed by atoms with van der Waals surface area (Å²) in [5.74, 6) is 0.853. The highest BCUT2D eigenvalue weighted by Gasteiger charge is 2.32. The third-order valence-corrected chi connectivity index (χ3v) is 5.30. The number of carbonyl (C=O) groups excluding carboxylic acids is 1. The van der Waals surface area contributed by atoms with Gasteiger partial charge in [0.15, 0.2) is 0 Å². The quantitative estimate of drug-likeness (QED) is 0.749. The van der Waals surface area contributed by atoms with Gasteiger partial charge in [0, 0.05) is 6.04 Å². The molecule has 0 spiro atoms. The van der Waals surface area contributed by atoms with E-state index < -0.39 is 0 Å². The standard InChI is InChI=1S/C17H34N2O/c1-5-7-8-15(18)16(20)19-14-11-9-13(10-12-14)17(3,4)6-2/h13-15H,5-12,18H2,1-4H3,(H,19,20). The first-order valence-electron chi connectivity index (χ1n) is 8.46. The lowest BCUT2D eigenvalue weighted by atomic mass is 9.69. The zero-order valence-electron chi connectivity index (χ0n) is 13.9. The van der Waals surface area contributed by atoms with Crippen molar-refractivity contribution in [2.24, 2.45) is 17.1 Å². The van der Waals surface area contributed by atoms with Crippen molar-refractivity contribution in [3.8, 4) is 0 Å². The summed E-state index contributed by atoms with van der Waals surface area (Å²) in [6.45, 7) is 9.15. The van der Waals surface area contributed by atoms with Gasteiger partial charge in [-0.15, -0.1) is 0 Å². The molecule has 0 heterocycles. The molecular weight excluding hydrogens is 248 g/mol. The number of amides is 1. The van der Waals surface area contributed by atoms with Gasteiger partial charge in [-0.2, -0.15) is 0 Å². The summed E-state index contributed by atoms with van der Waals surface area (Å²) in [5, 5.41) is 3.15. The largest absolute Gasteiger partial charge is 0.352 e. The van der Waals surface area contributed by atoms with E-state index in [0.29, 0.717) is 11.5 Å². The van der Waals surface area contributed by atoms with Crippen LogP contribution in [-0.4, -0.2) is 18.0 Å². The number of nitrogens with two attached hydrogens (primary N) is 1. The van der Waals surface area contributed by atoms with Crippen molar-refractivity contribution in [3.05, 3.63) is 0 Å². The molecule has 0 aliphatic heterocycles. The van der Waals surface area contributed by atoms with E-state index in [1.165, 1.54) is 19.3 Å². The van der Waals surface area contributed by atoms with Crippen LogP contribution >= 0.6 is 0 Å². The van der Waals surface area contributed by atoms with Gasteiger partial charge in [-0.3, -0.25) is 4.79 Å². The highest BCUT2D eigenvalue weighted by molar-refractivity contribution is 5.81. The van der Waals surface area contributed by atoms with Crippen molar-refractivity contribution in [1.82, 2.24) is 5.32 Å². The fourth-order valence-corrected chi connectivity index (χ4v) is 3.17. The third kappa shape index (κ3) is 5.08. The summed E-state index contributed by atoms with van der Waals surface area (Å²) in [4.78, 5) is 12.0. The molecular formula is C17H34N2O. The van der Waals surface area contributed by atoms with Crippen LogP contribution < -0.4 is 11.1 Å². The zero-order chi connectivity index (χ0) is 15.2. The van der Waals surface area contributed by atoms with Crippen molar-refractivity contribution < 1.29 is 4.79 Å². The van der Waals surface area contributed by atoms with Crippen LogP contribution in [0.2, 0.25) is 0 Å². The Morgan fingerprint density at radius 3 is 2.35 bits per heavy atom. The fraction of sp³-hybridized carbons (Fsp3) is 0.941. The summed E-state index contributed by atoms with van der Waals surface area (Å²) in [6.07, 6.45) is 8.86. The molecule has 1 amide bonds. The van der Waals surface area contributed by atoms with Gasteiger partial charge < -0.3 is 11.1 Å². The molecule has 1 atom stereocenters. The van der Waals surface area contributed by atoms with E-state index in [1.807, 2.05) is 0 Å². The lowest BCUT2D eigenvalue weighted by Gasteiger charge is -2.39. The van der Waals surface area contributed by atoms with Gasteiger partial charge in [0.1, 0.15) is 0 Å². The van der Waals surface area contributed by atoms with Crippen LogP contribution in [0.25, 0.3) is 0 Å². The molecule has 1 aliphatic rings. The molecule has 1 aliphatic carbocycles. The molecule has 3 nitrogen and oxygen atoms in total. The summed E-state index contributed by atoms with van der Waals surface area (Å²) in [7, 11) is 0. The Morgan fingerprint density at radius 2 is 1.85 bits per heavy atom. The van der Waals surface area contributed by atoms with Gasteiger partial charge in [0.05, 0.1) is 6.04 Å². The first kappa shape index (κ1) is 17.5. The van der Waals surface area contributed by atoms with Crippen molar-refractivity contribution in [3.63, 3.8) is 0 Å². The summed E-state index contributed by atoms with van der Waals surface area (Å²) in [5.41, 5.74) is 6.36. The fourth-order valence-electron chi connectivity index (χ4n) is 3.17. The van der Waals surface area contributed by atoms with Crippen molar-refractivity contribution in [2.75, 3.05) is 0 Å². The van der Waals surface area contributed by atoms with Gasteiger partial charge >= 0.3 is 0 Å². The average Bonchev–Trinajstić information content (AvgIpc) is 2.45. The van der Waals surface area contributed by atoms with E-state index in [2.05, 4.69) is 33.0 Å². The molecule has 0 aromatic heterocycles. The predicted octanol–water partition coefficient (Wildman–Crippen LogP) is 3.62. The van der Waals surface area contributed by atoms with Crippen LogP contribution in [0.1, 0.15) is 79.1 Å². The molecule has 0 aromatic carbocycles. The Balaban J connectivity index is 2.33. The monoisotopic (exact) mass is 282 g/mol. The minimum atomic E-state index is -0.320. The summed E-state index contributed by atoms with van der Waals surface area (Å²) < 4.78 is 0. The number of carbonyl (C=O) groups is 1. The lowest BCUT2D eigenvalue weighted by molar-refractivity contribution is -0.123. The van der Waals surface area contributed by atoms with Gasteiger partial charge in [0.25, 0.3) is 0 Å². The maximum atomic E-state index is 12.0. The first-order chi connectivity index (χ1) is 9.40. The normalized spacial score (nSPS) is 25.2. The molecule has 1 saturated carbocycles. The number of unbranched alkanes of at least 4 members (excludes halogenated alkanes) is 1. The number of hydrogen-bond donors (Lipinski definition) is 2. The molecule has 0 radical (unpaired) electrons. The molecule has 1 rings (SSSR count).